The SMILES string of the molecule is S=C(Nc1ncccc1Br)NC1CC1c1ccccn1. The molecule has 2 atom stereocenters. The highest BCUT2D eigenvalue weighted by molar-refractivity contribution is 9.10. The molecule has 2 N–H and O–H groups in total. The van der Waals surface area contributed by atoms with Gasteiger partial charge < -0.3 is 10.6 Å². The molecular weight excluding hydrogens is 336 g/mol. The van der Waals surface area contributed by atoms with Crippen LogP contribution in [-0.4, -0.2) is 21.1 Å². The van der Waals surface area contributed by atoms with Crippen molar-refractivity contribution in [2.24, 2.45) is 0 Å². The Morgan fingerprint density at radius 3 is 2.80 bits per heavy atom. The monoisotopic (exact) mass is 348 g/mol. The van der Waals surface area contributed by atoms with Crippen LogP contribution in [0.3, 0.4) is 0 Å². The van der Waals surface area contributed by atoms with Crippen molar-refractivity contribution in [1.82, 2.24) is 15.3 Å². The lowest BCUT2D eigenvalue weighted by molar-refractivity contribution is 0.858. The quantitative estimate of drug-likeness (QED) is 0.834. The fourth-order valence-electron chi connectivity index (χ4n) is 2.07. The number of anilines is 1. The number of pyridine rings is 2. The zero-order chi connectivity index (χ0) is 13.9. The summed E-state index contributed by atoms with van der Waals surface area (Å²) in [5.74, 6) is 1.17. The second-order valence-electron chi connectivity index (χ2n) is 4.64. The van der Waals surface area contributed by atoms with Gasteiger partial charge in [0.2, 0.25) is 0 Å². The van der Waals surface area contributed by atoms with E-state index < -0.39 is 0 Å². The van der Waals surface area contributed by atoms with Crippen LogP contribution in [0.4, 0.5) is 5.82 Å². The number of halogens is 1. The predicted molar refractivity (Wildman–Crippen MR) is 86.7 cm³/mol. The highest BCUT2D eigenvalue weighted by atomic mass is 79.9. The van der Waals surface area contributed by atoms with Crippen molar-refractivity contribution in [3.63, 3.8) is 0 Å². The number of hydrogen-bond donors (Lipinski definition) is 2. The molecular formula is C14H13BrN4S. The topological polar surface area (TPSA) is 49.8 Å². The first-order valence-corrected chi connectivity index (χ1v) is 7.53. The molecule has 102 valence electrons. The molecule has 0 spiro atoms. The van der Waals surface area contributed by atoms with Crippen molar-refractivity contribution in [2.75, 3.05) is 5.32 Å². The summed E-state index contributed by atoms with van der Waals surface area (Å²) in [4.78, 5) is 8.60. The van der Waals surface area contributed by atoms with Gasteiger partial charge in [-0.1, -0.05) is 6.07 Å². The zero-order valence-corrected chi connectivity index (χ0v) is 13.0. The van der Waals surface area contributed by atoms with Crippen LogP contribution < -0.4 is 10.6 Å². The molecule has 2 heterocycles. The van der Waals surface area contributed by atoms with Gasteiger partial charge >= 0.3 is 0 Å². The molecule has 3 rings (SSSR count). The van der Waals surface area contributed by atoms with Crippen LogP contribution in [0.2, 0.25) is 0 Å². The molecule has 0 amide bonds. The summed E-state index contributed by atoms with van der Waals surface area (Å²) < 4.78 is 0.890. The van der Waals surface area contributed by atoms with Gasteiger partial charge in [-0.2, -0.15) is 0 Å². The standard InChI is InChI=1S/C14H13BrN4S/c15-10-4-3-7-17-13(10)19-14(20)18-12-8-9(12)11-5-1-2-6-16-11/h1-7,9,12H,8H2,(H2,17,18,19,20). The maximum atomic E-state index is 5.31. The van der Waals surface area contributed by atoms with E-state index in [9.17, 15) is 0 Å². The molecule has 1 aliphatic carbocycles. The third-order valence-electron chi connectivity index (χ3n) is 3.17. The minimum Gasteiger partial charge on any atom is -0.359 e. The minimum absolute atomic E-state index is 0.354. The van der Waals surface area contributed by atoms with Crippen molar-refractivity contribution in [2.45, 2.75) is 18.4 Å². The predicted octanol–water partition coefficient (Wildman–Crippen LogP) is 3.08. The molecule has 1 saturated carbocycles. The van der Waals surface area contributed by atoms with E-state index in [0.717, 1.165) is 22.4 Å². The summed E-state index contributed by atoms with van der Waals surface area (Å²) in [7, 11) is 0. The van der Waals surface area contributed by atoms with Crippen molar-refractivity contribution < 1.29 is 0 Å². The average Bonchev–Trinajstić information content (AvgIpc) is 3.21. The molecule has 1 aliphatic rings. The van der Waals surface area contributed by atoms with E-state index in [4.69, 9.17) is 12.2 Å². The first-order chi connectivity index (χ1) is 9.74. The van der Waals surface area contributed by atoms with Crippen LogP contribution in [0, 0.1) is 0 Å². The Labute approximate surface area is 131 Å². The highest BCUT2D eigenvalue weighted by Crippen LogP contribution is 2.39. The first kappa shape index (κ1) is 13.5. The van der Waals surface area contributed by atoms with Crippen molar-refractivity contribution in [3.8, 4) is 0 Å². The zero-order valence-electron chi connectivity index (χ0n) is 10.6. The summed E-state index contributed by atoms with van der Waals surface area (Å²) in [5.41, 5.74) is 1.12. The lowest BCUT2D eigenvalue weighted by Gasteiger charge is -2.10. The Bertz CT molecular complexity index is 620. The summed E-state index contributed by atoms with van der Waals surface area (Å²) in [6.07, 6.45) is 4.61. The van der Waals surface area contributed by atoms with Gasteiger partial charge in [-0.3, -0.25) is 4.98 Å². The van der Waals surface area contributed by atoms with Gasteiger partial charge in [0.15, 0.2) is 5.11 Å². The second-order valence-corrected chi connectivity index (χ2v) is 5.90. The van der Waals surface area contributed by atoms with Crippen molar-refractivity contribution in [3.05, 3.63) is 52.9 Å². The highest BCUT2D eigenvalue weighted by Gasteiger charge is 2.39. The van der Waals surface area contributed by atoms with Gasteiger partial charge in [-0.25, -0.2) is 4.98 Å². The molecule has 2 aromatic rings. The van der Waals surface area contributed by atoms with Gasteiger partial charge in [0.25, 0.3) is 0 Å². The molecule has 0 radical (unpaired) electrons. The largest absolute Gasteiger partial charge is 0.359 e. The minimum atomic E-state index is 0.354. The van der Waals surface area contributed by atoms with E-state index >= 15 is 0 Å². The fourth-order valence-corrected chi connectivity index (χ4v) is 2.67. The van der Waals surface area contributed by atoms with Gasteiger partial charge in [0.05, 0.1) is 4.47 Å². The van der Waals surface area contributed by atoms with Gasteiger partial charge in [-0.05, 0) is 58.8 Å². The van der Waals surface area contributed by atoms with E-state index in [1.54, 1.807) is 6.20 Å². The number of thiocarbonyl (C=S) groups is 1. The average molecular weight is 349 g/mol. The van der Waals surface area contributed by atoms with Crippen LogP contribution in [0.5, 0.6) is 0 Å². The third-order valence-corrected chi connectivity index (χ3v) is 4.02. The summed E-state index contributed by atoms with van der Waals surface area (Å²) in [5, 5.41) is 6.98. The van der Waals surface area contributed by atoms with E-state index in [1.807, 2.05) is 30.5 Å². The number of rotatable bonds is 3. The molecule has 4 nitrogen and oxygen atoms in total. The molecule has 0 aliphatic heterocycles. The summed E-state index contributed by atoms with van der Waals surface area (Å²) in [6.45, 7) is 0. The first-order valence-electron chi connectivity index (χ1n) is 6.33. The molecule has 0 aromatic carbocycles. The summed E-state index contributed by atoms with van der Waals surface area (Å²) >= 11 is 8.74. The van der Waals surface area contributed by atoms with Crippen LogP contribution in [0.1, 0.15) is 18.0 Å². The van der Waals surface area contributed by atoms with Crippen LogP contribution in [0.25, 0.3) is 0 Å². The molecule has 2 aromatic heterocycles. The van der Waals surface area contributed by atoms with Crippen LogP contribution in [-0.2, 0) is 0 Å². The van der Waals surface area contributed by atoms with Crippen LogP contribution >= 0.6 is 28.1 Å². The van der Waals surface area contributed by atoms with E-state index in [0.29, 0.717) is 17.1 Å². The number of nitrogens with zero attached hydrogens (tertiary/aromatic N) is 2. The Hall–Kier alpha value is -1.53. The van der Waals surface area contributed by atoms with Gasteiger partial charge in [-0.15, -0.1) is 0 Å². The molecule has 1 fully saturated rings. The third kappa shape index (κ3) is 3.13. The molecule has 6 heteroatoms. The van der Waals surface area contributed by atoms with Crippen molar-refractivity contribution in [1.29, 1.82) is 0 Å². The number of nitrogens with one attached hydrogen (secondary N) is 2. The lowest BCUT2D eigenvalue weighted by atomic mass is 10.2. The van der Waals surface area contributed by atoms with Gasteiger partial charge in [0.1, 0.15) is 5.82 Å². The smallest absolute Gasteiger partial charge is 0.172 e. The maximum Gasteiger partial charge on any atom is 0.172 e. The summed E-state index contributed by atoms with van der Waals surface area (Å²) in [6, 6.07) is 10.1. The molecule has 20 heavy (non-hydrogen) atoms. The Balaban J connectivity index is 1.55. The van der Waals surface area contributed by atoms with E-state index in [-0.39, 0.29) is 0 Å². The Morgan fingerprint density at radius 2 is 2.05 bits per heavy atom. The lowest BCUT2D eigenvalue weighted by Crippen LogP contribution is -2.31. The van der Waals surface area contributed by atoms with Gasteiger partial charge in [0, 0.05) is 30.0 Å². The number of aromatic nitrogens is 2. The fraction of sp³-hybridized carbons (Fsp3) is 0.214. The number of hydrogen-bond acceptors (Lipinski definition) is 3. The van der Waals surface area contributed by atoms with Crippen molar-refractivity contribution >= 4 is 39.1 Å². The normalized spacial score (nSPS) is 20.2. The molecule has 0 saturated heterocycles. The van der Waals surface area contributed by atoms with E-state index in [2.05, 4.69) is 42.6 Å². The maximum absolute atomic E-state index is 5.31. The van der Waals surface area contributed by atoms with E-state index in [1.165, 1.54) is 0 Å². The Kier molecular flexibility index (Phi) is 3.93. The second kappa shape index (κ2) is 5.85. The van der Waals surface area contributed by atoms with Crippen LogP contribution in [0.15, 0.2) is 47.2 Å². The molecule has 0 bridgehead atoms. The Morgan fingerprint density at radius 1 is 1.20 bits per heavy atom. The molecule has 2 unspecified atom stereocenters.